The number of hydrogen-bond donors (Lipinski definition) is 1. The van der Waals surface area contributed by atoms with E-state index >= 15 is 0 Å². The van der Waals surface area contributed by atoms with E-state index in [0.29, 0.717) is 0 Å². The third-order valence-corrected chi connectivity index (χ3v) is 2.32. The van der Waals surface area contributed by atoms with Crippen LogP contribution in [0.4, 0.5) is 5.82 Å². The molecule has 1 N–H and O–H groups in total. The monoisotopic (exact) mass is 192 g/mol. The van der Waals surface area contributed by atoms with E-state index in [-0.39, 0.29) is 0 Å². The van der Waals surface area contributed by atoms with Crippen molar-refractivity contribution >= 4 is 5.82 Å². The Kier molecular flexibility index (Phi) is 4.44. The average Bonchev–Trinajstić information content (AvgIpc) is 2.19. The maximum atomic E-state index is 4.50. The minimum Gasteiger partial charge on any atom is -0.370 e. The summed E-state index contributed by atoms with van der Waals surface area (Å²) in [6, 6.07) is 4.24. The summed E-state index contributed by atoms with van der Waals surface area (Å²) in [5.41, 5.74) is 2.40. The number of nitrogens with one attached hydrogen (secondary N) is 1. The Morgan fingerprint density at radius 3 is 2.71 bits per heavy atom. The van der Waals surface area contributed by atoms with Gasteiger partial charge in [-0.05, 0) is 31.4 Å². The first-order chi connectivity index (χ1) is 6.77. The van der Waals surface area contributed by atoms with Crippen LogP contribution in [-0.4, -0.2) is 11.5 Å². The van der Waals surface area contributed by atoms with Crippen molar-refractivity contribution < 1.29 is 0 Å². The molecule has 0 spiro atoms. The lowest BCUT2D eigenvalue weighted by molar-refractivity contribution is 0.828. The standard InChI is InChI=1S/C12H20N2/c1-4-6-9-13-12-11(5-2)8-7-10(3)14-12/h7-8H,4-6,9H2,1-3H3,(H,13,14). The predicted molar refractivity (Wildman–Crippen MR) is 61.7 cm³/mol. The van der Waals surface area contributed by atoms with Crippen molar-refractivity contribution in [1.29, 1.82) is 0 Å². The number of pyridine rings is 1. The molecule has 2 nitrogen and oxygen atoms in total. The summed E-state index contributed by atoms with van der Waals surface area (Å²) in [6.45, 7) is 7.42. The topological polar surface area (TPSA) is 24.9 Å². The Bertz CT molecular complexity index is 282. The molecule has 0 aliphatic heterocycles. The molecule has 0 aliphatic carbocycles. The van der Waals surface area contributed by atoms with Crippen LogP contribution in [0, 0.1) is 6.92 Å². The van der Waals surface area contributed by atoms with E-state index < -0.39 is 0 Å². The number of aryl methyl sites for hydroxylation is 2. The zero-order valence-electron chi connectivity index (χ0n) is 9.43. The molecule has 0 aromatic carbocycles. The molecule has 1 aromatic rings. The summed E-state index contributed by atoms with van der Waals surface area (Å²) in [6.07, 6.45) is 3.47. The fourth-order valence-electron chi connectivity index (χ4n) is 1.41. The highest BCUT2D eigenvalue weighted by Crippen LogP contribution is 2.13. The number of hydrogen-bond acceptors (Lipinski definition) is 2. The van der Waals surface area contributed by atoms with Crippen LogP contribution in [0.25, 0.3) is 0 Å². The van der Waals surface area contributed by atoms with Gasteiger partial charge >= 0.3 is 0 Å². The molecule has 2 heteroatoms. The summed E-state index contributed by atoms with van der Waals surface area (Å²) >= 11 is 0. The Hall–Kier alpha value is -1.05. The minimum atomic E-state index is 1.03. The zero-order chi connectivity index (χ0) is 10.4. The van der Waals surface area contributed by atoms with Crippen molar-refractivity contribution in [3.8, 4) is 0 Å². The van der Waals surface area contributed by atoms with Crippen LogP contribution in [0.5, 0.6) is 0 Å². The molecule has 0 bridgehead atoms. The Labute approximate surface area is 86.8 Å². The summed E-state index contributed by atoms with van der Waals surface area (Å²) in [5.74, 6) is 1.07. The van der Waals surface area contributed by atoms with E-state index in [1.165, 1.54) is 18.4 Å². The number of unbranched alkanes of at least 4 members (excludes halogenated alkanes) is 1. The lowest BCUT2D eigenvalue weighted by Gasteiger charge is -2.09. The predicted octanol–water partition coefficient (Wildman–Crippen LogP) is 3.16. The lowest BCUT2D eigenvalue weighted by atomic mass is 10.2. The van der Waals surface area contributed by atoms with Crippen LogP contribution in [0.1, 0.15) is 37.9 Å². The van der Waals surface area contributed by atoms with Gasteiger partial charge < -0.3 is 5.32 Å². The lowest BCUT2D eigenvalue weighted by Crippen LogP contribution is -2.06. The van der Waals surface area contributed by atoms with Crippen molar-refractivity contribution in [2.24, 2.45) is 0 Å². The Morgan fingerprint density at radius 1 is 1.29 bits per heavy atom. The molecule has 1 rings (SSSR count). The van der Waals surface area contributed by atoms with Crippen molar-refractivity contribution in [3.05, 3.63) is 23.4 Å². The number of aromatic nitrogens is 1. The minimum absolute atomic E-state index is 1.03. The quantitative estimate of drug-likeness (QED) is 0.725. The fourth-order valence-corrected chi connectivity index (χ4v) is 1.41. The number of anilines is 1. The van der Waals surface area contributed by atoms with Crippen molar-refractivity contribution in [2.75, 3.05) is 11.9 Å². The maximum absolute atomic E-state index is 4.50. The summed E-state index contributed by atoms with van der Waals surface area (Å²) in [4.78, 5) is 4.50. The highest BCUT2D eigenvalue weighted by Gasteiger charge is 2.01. The highest BCUT2D eigenvalue weighted by molar-refractivity contribution is 5.44. The molecule has 0 amide bonds. The highest BCUT2D eigenvalue weighted by atomic mass is 15.0. The summed E-state index contributed by atoms with van der Waals surface area (Å²) in [5, 5.41) is 3.39. The smallest absolute Gasteiger partial charge is 0.129 e. The van der Waals surface area contributed by atoms with E-state index in [9.17, 15) is 0 Å². The Balaban J connectivity index is 2.67. The van der Waals surface area contributed by atoms with Crippen LogP contribution in [-0.2, 0) is 6.42 Å². The van der Waals surface area contributed by atoms with Gasteiger partial charge in [-0.15, -0.1) is 0 Å². The second-order valence-corrected chi connectivity index (χ2v) is 3.59. The van der Waals surface area contributed by atoms with Gasteiger partial charge in [0.05, 0.1) is 0 Å². The van der Waals surface area contributed by atoms with Crippen molar-refractivity contribution in [3.63, 3.8) is 0 Å². The molecule has 0 radical (unpaired) electrons. The second kappa shape index (κ2) is 5.63. The normalized spacial score (nSPS) is 10.2. The largest absolute Gasteiger partial charge is 0.370 e. The molecule has 14 heavy (non-hydrogen) atoms. The molecule has 0 saturated heterocycles. The van der Waals surface area contributed by atoms with E-state index in [4.69, 9.17) is 0 Å². The third kappa shape index (κ3) is 3.02. The molecule has 78 valence electrons. The van der Waals surface area contributed by atoms with Gasteiger partial charge in [0.25, 0.3) is 0 Å². The summed E-state index contributed by atoms with van der Waals surface area (Å²) in [7, 11) is 0. The molecule has 0 atom stereocenters. The number of rotatable bonds is 5. The molecule has 1 aromatic heterocycles. The van der Waals surface area contributed by atoms with Crippen LogP contribution >= 0.6 is 0 Å². The van der Waals surface area contributed by atoms with Gasteiger partial charge in [-0.25, -0.2) is 4.98 Å². The van der Waals surface area contributed by atoms with E-state index in [0.717, 1.165) is 24.5 Å². The molecular formula is C12H20N2. The van der Waals surface area contributed by atoms with Gasteiger partial charge in [0.2, 0.25) is 0 Å². The first kappa shape index (κ1) is 11.0. The first-order valence-corrected chi connectivity index (χ1v) is 5.48. The van der Waals surface area contributed by atoms with E-state index in [2.05, 4.69) is 36.3 Å². The van der Waals surface area contributed by atoms with Gasteiger partial charge in [0.1, 0.15) is 5.82 Å². The van der Waals surface area contributed by atoms with Crippen LogP contribution < -0.4 is 5.32 Å². The molecule has 0 unspecified atom stereocenters. The molecule has 0 aliphatic rings. The van der Waals surface area contributed by atoms with Gasteiger partial charge in [-0.1, -0.05) is 26.3 Å². The van der Waals surface area contributed by atoms with Crippen molar-refractivity contribution in [2.45, 2.75) is 40.0 Å². The van der Waals surface area contributed by atoms with Gasteiger partial charge in [-0.3, -0.25) is 0 Å². The maximum Gasteiger partial charge on any atom is 0.129 e. The van der Waals surface area contributed by atoms with Crippen LogP contribution in [0.15, 0.2) is 12.1 Å². The zero-order valence-corrected chi connectivity index (χ0v) is 9.43. The fraction of sp³-hybridized carbons (Fsp3) is 0.583. The van der Waals surface area contributed by atoms with Crippen LogP contribution in [0.3, 0.4) is 0 Å². The number of nitrogens with zero attached hydrogens (tertiary/aromatic N) is 1. The first-order valence-electron chi connectivity index (χ1n) is 5.48. The second-order valence-electron chi connectivity index (χ2n) is 3.59. The SMILES string of the molecule is CCCCNc1nc(C)ccc1CC. The van der Waals surface area contributed by atoms with Gasteiger partial charge in [0.15, 0.2) is 0 Å². The summed E-state index contributed by atoms with van der Waals surface area (Å²) < 4.78 is 0. The molecule has 1 heterocycles. The molecule has 0 fully saturated rings. The van der Waals surface area contributed by atoms with Crippen molar-refractivity contribution in [1.82, 2.24) is 4.98 Å². The van der Waals surface area contributed by atoms with E-state index in [1.807, 2.05) is 6.92 Å². The molecule has 0 saturated carbocycles. The van der Waals surface area contributed by atoms with Gasteiger partial charge in [-0.2, -0.15) is 0 Å². The Morgan fingerprint density at radius 2 is 2.07 bits per heavy atom. The molecular weight excluding hydrogens is 172 g/mol. The van der Waals surface area contributed by atoms with E-state index in [1.54, 1.807) is 0 Å². The average molecular weight is 192 g/mol. The third-order valence-electron chi connectivity index (χ3n) is 2.32. The van der Waals surface area contributed by atoms with Crippen LogP contribution in [0.2, 0.25) is 0 Å². The van der Waals surface area contributed by atoms with Gasteiger partial charge in [0, 0.05) is 12.2 Å².